The number of ether oxygens (including phenoxy) is 1. The number of benzene rings is 4. The van der Waals surface area contributed by atoms with E-state index >= 15 is 0 Å². The second kappa shape index (κ2) is 11.2. The Morgan fingerprint density at radius 1 is 0.703 bits per heavy atom. The highest BCUT2D eigenvalue weighted by Crippen LogP contribution is 2.49. The molecule has 0 aromatic heterocycles. The number of hydrogen-bond donors (Lipinski definition) is 1. The minimum Gasteiger partial charge on any atom is -0.393 e. The molecule has 0 amide bonds. The fourth-order valence-electron chi connectivity index (χ4n) is 6.61. The van der Waals surface area contributed by atoms with Crippen LogP contribution in [0, 0.1) is 5.92 Å². The molecule has 1 aliphatic rings. The molecule has 0 spiro atoms. The molecular formula is C34H38O2Si. The summed E-state index contributed by atoms with van der Waals surface area (Å²) in [6.07, 6.45) is 1.27. The fourth-order valence-corrected chi connectivity index (χ4v) is 11.2. The first-order valence-electron chi connectivity index (χ1n) is 13.5. The Morgan fingerprint density at radius 2 is 1.14 bits per heavy atom. The van der Waals surface area contributed by atoms with Crippen molar-refractivity contribution in [3.63, 3.8) is 0 Å². The molecular weight excluding hydrogens is 468 g/mol. The molecule has 0 aliphatic carbocycles. The van der Waals surface area contributed by atoms with Crippen molar-refractivity contribution in [2.45, 2.75) is 49.2 Å². The van der Waals surface area contributed by atoms with Gasteiger partial charge in [0.15, 0.2) is 0 Å². The first-order valence-corrected chi connectivity index (χ1v) is 16.7. The molecule has 1 N–H and O–H groups in total. The van der Waals surface area contributed by atoms with Crippen molar-refractivity contribution >= 4 is 8.07 Å². The third-order valence-electron chi connectivity index (χ3n) is 8.31. The van der Waals surface area contributed by atoms with Crippen molar-refractivity contribution in [1.82, 2.24) is 0 Å². The highest BCUT2D eigenvalue weighted by atomic mass is 28.3. The van der Waals surface area contributed by atoms with Crippen molar-refractivity contribution in [3.8, 4) is 0 Å². The molecule has 190 valence electrons. The van der Waals surface area contributed by atoms with Gasteiger partial charge in [0.25, 0.3) is 0 Å². The van der Waals surface area contributed by atoms with Crippen LogP contribution in [0.25, 0.3) is 0 Å². The molecule has 3 atom stereocenters. The summed E-state index contributed by atoms with van der Waals surface area (Å²) in [5, 5.41) is 10.9. The predicted molar refractivity (Wildman–Crippen MR) is 155 cm³/mol. The third kappa shape index (κ3) is 5.22. The second-order valence-electron chi connectivity index (χ2n) is 11.1. The van der Waals surface area contributed by atoms with Crippen LogP contribution < -0.4 is 0 Å². The van der Waals surface area contributed by atoms with E-state index < -0.39 is 8.07 Å². The molecule has 1 fully saturated rings. The van der Waals surface area contributed by atoms with E-state index in [-0.39, 0.29) is 23.2 Å². The van der Waals surface area contributed by atoms with E-state index in [9.17, 15) is 5.11 Å². The van der Waals surface area contributed by atoms with Gasteiger partial charge in [0.1, 0.15) is 0 Å². The lowest BCUT2D eigenvalue weighted by Crippen LogP contribution is -2.56. The molecule has 1 saturated heterocycles. The van der Waals surface area contributed by atoms with Gasteiger partial charge >= 0.3 is 0 Å². The van der Waals surface area contributed by atoms with Crippen molar-refractivity contribution in [1.29, 1.82) is 0 Å². The van der Waals surface area contributed by atoms with Crippen LogP contribution in [-0.2, 0) is 16.2 Å². The Morgan fingerprint density at radius 3 is 1.57 bits per heavy atom. The normalized spacial score (nSPS) is 20.5. The largest absolute Gasteiger partial charge is 0.393 e. The molecule has 4 aromatic carbocycles. The van der Waals surface area contributed by atoms with E-state index in [0.29, 0.717) is 13.0 Å². The molecule has 0 bridgehead atoms. The Balaban J connectivity index is 1.49. The smallest absolute Gasteiger partial charge is 0.0724 e. The lowest BCUT2D eigenvalue weighted by molar-refractivity contribution is -0.0756. The van der Waals surface area contributed by atoms with E-state index in [1.165, 1.54) is 22.3 Å². The van der Waals surface area contributed by atoms with Gasteiger partial charge in [-0.2, -0.15) is 0 Å². The van der Waals surface area contributed by atoms with Crippen LogP contribution in [0.15, 0.2) is 121 Å². The summed E-state index contributed by atoms with van der Waals surface area (Å²) in [5.41, 5.74) is 5.27. The van der Waals surface area contributed by atoms with Gasteiger partial charge in [-0.05, 0) is 41.1 Å². The minimum atomic E-state index is -2.15. The zero-order valence-electron chi connectivity index (χ0n) is 22.0. The van der Waals surface area contributed by atoms with Gasteiger partial charge in [-0.3, -0.25) is 0 Å². The summed E-state index contributed by atoms with van der Waals surface area (Å²) in [6, 6.07) is 44.5. The zero-order chi connectivity index (χ0) is 25.7. The maximum Gasteiger partial charge on any atom is 0.0724 e. The van der Waals surface area contributed by atoms with Crippen LogP contribution >= 0.6 is 0 Å². The second-order valence-corrected chi connectivity index (χ2v) is 16.1. The van der Waals surface area contributed by atoms with Gasteiger partial charge in [0, 0.05) is 11.0 Å². The summed E-state index contributed by atoms with van der Waals surface area (Å²) in [7, 11) is -2.15. The average molecular weight is 507 g/mol. The van der Waals surface area contributed by atoms with Crippen LogP contribution in [0.3, 0.4) is 0 Å². The Labute approximate surface area is 223 Å². The average Bonchev–Trinajstić information content (AvgIpc) is 2.93. The van der Waals surface area contributed by atoms with Crippen LogP contribution in [0.5, 0.6) is 0 Å². The number of hydrogen-bond acceptors (Lipinski definition) is 2. The SMILES string of the molecule is C[Si](C)(C[C@@H]1C[C@H](O)[C@@H](Cc2ccccc2)CO1)C(c1ccccc1)(c1ccccc1)c1ccccc1. The van der Waals surface area contributed by atoms with Crippen molar-refractivity contribution in [2.24, 2.45) is 5.92 Å². The van der Waals surface area contributed by atoms with Crippen molar-refractivity contribution < 1.29 is 9.84 Å². The maximum atomic E-state index is 11.2. The fraction of sp³-hybridized carbons (Fsp3) is 0.294. The lowest BCUT2D eigenvalue weighted by Gasteiger charge is -2.49. The van der Waals surface area contributed by atoms with Gasteiger partial charge in [-0.25, -0.2) is 0 Å². The molecule has 3 heteroatoms. The molecule has 0 unspecified atom stereocenters. The van der Waals surface area contributed by atoms with Gasteiger partial charge in [0.2, 0.25) is 0 Å². The predicted octanol–water partition coefficient (Wildman–Crippen LogP) is 7.28. The summed E-state index contributed by atoms with van der Waals surface area (Å²) >= 11 is 0. The van der Waals surface area contributed by atoms with E-state index in [1.807, 2.05) is 6.07 Å². The summed E-state index contributed by atoms with van der Waals surface area (Å²) < 4.78 is 6.55. The number of aliphatic hydroxyl groups is 1. The molecule has 0 saturated carbocycles. The lowest BCUT2D eigenvalue weighted by atomic mass is 9.83. The Bertz CT molecular complexity index is 1150. The number of aliphatic hydroxyl groups excluding tert-OH is 1. The van der Waals surface area contributed by atoms with E-state index in [0.717, 1.165) is 12.5 Å². The molecule has 2 nitrogen and oxygen atoms in total. The highest BCUT2D eigenvalue weighted by Gasteiger charge is 2.51. The molecule has 37 heavy (non-hydrogen) atoms. The van der Waals surface area contributed by atoms with Gasteiger partial charge in [-0.1, -0.05) is 134 Å². The van der Waals surface area contributed by atoms with Gasteiger partial charge in [0.05, 0.1) is 26.9 Å². The van der Waals surface area contributed by atoms with Crippen molar-refractivity contribution in [3.05, 3.63) is 144 Å². The van der Waals surface area contributed by atoms with Crippen LogP contribution in [0.4, 0.5) is 0 Å². The first kappa shape index (κ1) is 25.7. The maximum absolute atomic E-state index is 11.2. The monoisotopic (exact) mass is 506 g/mol. The molecule has 1 heterocycles. The van der Waals surface area contributed by atoms with Crippen LogP contribution in [0.1, 0.15) is 28.7 Å². The number of rotatable bonds is 8. The summed E-state index contributed by atoms with van der Waals surface area (Å²) in [4.78, 5) is 0. The van der Waals surface area contributed by atoms with Crippen LogP contribution in [-0.4, -0.2) is 32.0 Å². The Hall–Kier alpha value is -2.98. The van der Waals surface area contributed by atoms with E-state index in [4.69, 9.17) is 4.74 Å². The Kier molecular flexibility index (Phi) is 7.75. The highest BCUT2D eigenvalue weighted by molar-refractivity contribution is 6.82. The van der Waals surface area contributed by atoms with E-state index in [2.05, 4.69) is 128 Å². The third-order valence-corrected chi connectivity index (χ3v) is 12.7. The summed E-state index contributed by atoms with van der Waals surface area (Å²) in [5.74, 6) is 0.144. The molecule has 5 rings (SSSR count). The topological polar surface area (TPSA) is 29.5 Å². The van der Waals surface area contributed by atoms with E-state index in [1.54, 1.807) is 0 Å². The standard InChI is InChI=1S/C34H38O2Si/c1-37(2,26-32-24-33(35)28(25-36-32)23-27-15-7-3-8-16-27)34(29-17-9-4-10-18-29,30-19-11-5-12-20-30)31-21-13-6-14-22-31/h3-22,28,32-33,35H,23-26H2,1-2H3/t28-,32-,33-/m0/s1. The molecule has 1 aliphatic heterocycles. The van der Waals surface area contributed by atoms with Gasteiger partial charge in [-0.15, -0.1) is 0 Å². The molecule has 4 aromatic rings. The minimum absolute atomic E-state index is 0.0548. The first-order chi connectivity index (χ1) is 18.0. The van der Waals surface area contributed by atoms with Gasteiger partial charge < -0.3 is 9.84 Å². The van der Waals surface area contributed by atoms with Crippen molar-refractivity contribution in [2.75, 3.05) is 6.61 Å². The van der Waals surface area contributed by atoms with Crippen LogP contribution in [0.2, 0.25) is 19.1 Å². The molecule has 0 radical (unpaired) electrons. The quantitative estimate of drug-likeness (QED) is 0.201. The summed E-state index contributed by atoms with van der Waals surface area (Å²) in [6.45, 7) is 5.62. The zero-order valence-corrected chi connectivity index (χ0v) is 23.0.